The first-order valence-corrected chi connectivity index (χ1v) is 10.2. The first-order valence-electron chi connectivity index (χ1n) is 8.70. The van der Waals surface area contributed by atoms with Crippen LogP contribution in [-0.2, 0) is 10.5 Å². The standard InChI is InChI=1S/C19H22ClN3O2S/c20-17-7-3-2-6-15(17)13-26-14-18(24)22-21-12-16-8-9-19(25-16)23-10-4-1-5-11-23/h2-3,6-9,12H,1,4-5,10-11,13-14H2,(H,22,24)/b21-12-. The summed E-state index contributed by atoms with van der Waals surface area (Å²) in [6.45, 7) is 2.06. The summed E-state index contributed by atoms with van der Waals surface area (Å²) in [4.78, 5) is 14.1. The molecule has 0 saturated carbocycles. The lowest BCUT2D eigenvalue weighted by Crippen LogP contribution is -2.28. The van der Waals surface area contributed by atoms with Crippen LogP contribution in [0.15, 0.2) is 45.9 Å². The summed E-state index contributed by atoms with van der Waals surface area (Å²) in [5, 5.41) is 4.69. The van der Waals surface area contributed by atoms with E-state index in [2.05, 4.69) is 15.4 Å². The van der Waals surface area contributed by atoms with Crippen LogP contribution < -0.4 is 10.3 Å². The summed E-state index contributed by atoms with van der Waals surface area (Å²) in [7, 11) is 0. The summed E-state index contributed by atoms with van der Waals surface area (Å²) in [5.41, 5.74) is 3.55. The van der Waals surface area contributed by atoms with E-state index in [4.69, 9.17) is 16.0 Å². The first kappa shape index (κ1) is 18.9. The van der Waals surface area contributed by atoms with Crippen LogP contribution in [0.4, 0.5) is 5.88 Å². The number of hydrogen-bond acceptors (Lipinski definition) is 5. The highest BCUT2D eigenvalue weighted by Crippen LogP contribution is 2.22. The number of hydrazone groups is 1. The molecule has 7 heteroatoms. The number of thioether (sulfide) groups is 1. The highest BCUT2D eigenvalue weighted by Gasteiger charge is 2.13. The Bertz CT molecular complexity index is 757. The van der Waals surface area contributed by atoms with Gasteiger partial charge in [-0.05, 0) is 37.0 Å². The van der Waals surface area contributed by atoms with Crippen LogP contribution >= 0.6 is 23.4 Å². The average molecular weight is 392 g/mol. The van der Waals surface area contributed by atoms with Crippen LogP contribution in [0.1, 0.15) is 30.6 Å². The number of carbonyl (C=O) groups excluding carboxylic acids is 1. The van der Waals surface area contributed by atoms with E-state index in [1.165, 1.54) is 37.2 Å². The van der Waals surface area contributed by atoms with E-state index in [1.807, 2.05) is 36.4 Å². The Hall–Kier alpha value is -1.92. The molecular formula is C19H22ClN3O2S. The topological polar surface area (TPSA) is 57.8 Å². The van der Waals surface area contributed by atoms with Gasteiger partial charge in [0.2, 0.25) is 5.91 Å². The molecule has 2 aromatic rings. The summed E-state index contributed by atoms with van der Waals surface area (Å²) >= 11 is 7.60. The zero-order chi connectivity index (χ0) is 18.2. The number of carbonyl (C=O) groups is 1. The second-order valence-corrected chi connectivity index (χ2v) is 7.49. The SMILES string of the molecule is O=C(CSCc1ccccc1Cl)N/N=C\c1ccc(N2CCCCC2)o1. The van der Waals surface area contributed by atoms with Crippen LogP contribution in [0.2, 0.25) is 5.02 Å². The van der Waals surface area contributed by atoms with Crippen LogP contribution in [0, 0.1) is 0 Å². The third-order valence-corrected chi connectivity index (χ3v) is 5.46. The van der Waals surface area contributed by atoms with Gasteiger partial charge in [-0.3, -0.25) is 4.79 Å². The lowest BCUT2D eigenvalue weighted by Gasteiger charge is -2.25. The number of furan rings is 1. The van der Waals surface area contributed by atoms with Crippen molar-refractivity contribution in [2.45, 2.75) is 25.0 Å². The van der Waals surface area contributed by atoms with Gasteiger partial charge in [-0.1, -0.05) is 29.8 Å². The molecule has 1 aliphatic heterocycles. The van der Waals surface area contributed by atoms with Gasteiger partial charge in [-0.15, -0.1) is 11.8 Å². The molecule has 0 aliphatic carbocycles. The number of anilines is 1. The van der Waals surface area contributed by atoms with Crippen molar-refractivity contribution in [1.29, 1.82) is 0 Å². The summed E-state index contributed by atoms with van der Waals surface area (Å²) in [5.74, 6) is 2.36. The molecule has 138 valence electrons. The maximum absolute atomic E-state index is 11.8. The van der Waals surface area contributed by atoms with Crippen molar-refractivity contribution in [1.82, 2.24) is 5.43 Å². The van der Waals surface area contributed by atoms with Crippen LogP contribution in [-0.4, -0.2) is 31.0 Å². The second-order valence-electron chi connectivity index (χ2n) is 6.10. The highest BCUT2D eigenvalue weighted by molar-refractivity contribution is 7.99. The van der Waals surface area contributed by atoms with E-state index in [1.54, 1.807) is 0 Å². The van der Waals surface area contributed by atoms with Gasteiger partial charge < -0.3 is 9.32 Å². The van der Waals surface area contributed by atoms with E-state index < -0.39 is 0 Å². The molecule has 1 N–H and O–H groups in total. The zero-order valence-electron chi connectivity index (χ0n) is 14.5. The molecule has 5 nitrogen and oxygen atoms in total. The molecule has 1 aromatic heterocycles. The molecule has 0 radical (unpaired) electrons. The molecule has 0 spiro atoms. The number of nitrogens with one attached hydrogen (secondary N) is 1. The number of amides is 1. The van der Waals surface area contributed by atoms with Gasteiger partial charge in [0.25, 0.3) is 0 Å². The van der Waals surface area contributed by atoms with Gasteiger partial charge in [0.05, 0.1) is 12.0 Å². The van der Waals surface area contributed by atoms with Crippen molar-refractivity contribution in [3.05, 3.63) is 52.7 Å². The first-order chi connectivity index (χ1) is 12.7. The molecule has 1 aliphatic rings. The number of halogens is 1. The Morgan fingerprint density at radius 2 is 2.04 bits per heavy atom. The minimum Gasteiger partial charge on any atom is -0.440 e. The lowest BCUT2D eigenvalue weighted by atomic mass is 10.1. The van der Waals surface area contributed by atoms with Crippen LogP contribution in [0.5, 0.6) is 0 Å². The molecule has 0 unspecified atom stereocenters. The van der Waals surface area contributed by atoms with Crippen molar-refractivity contribution in [3.63, 3.8) is 0 Å². The fourth-order valence-corrected chi connectivity index (χ4v) is 3.87. The van der Waals surface area contributed by atoms with E-state index in [-0.39, 0.29) is 5.91 Å². The van der Waals surface area contributed by atoms with Gasteiger partial charge in [0, 0.05) is 29.9 Å². The molecule has 1 saturated heterocycles. The number of benzene rings is 1. The number of rotatable bonds is 7. The number of piperidine rings is 1. The third kappa shape index (κ3) is 5.54. The Morgan fingerprint density at radius 3 is 2.85 bits per heavy atom. The quantitative estimate of drug-likeness (QED) is 0.564. The molecule has 1 aromatic carbocycles. The summed E-state index contributed by atoms with van der Waals surface area (Å²) in [6.07, 6.45) is 5.22. The Labute approximate surface area is 162 Å². The molecule has 1 fully saturated rings. The second kappa shape index (κ2) is 9.69. The van der Waals surface area contributed by atoms with Gasteiger partial charge in [0.1, 0.15) is 5.76 Å². The fraction of sp³-hybridized carbons (Fsp3) is 0.368. The Kier molecular flexibility index (Phi) is 7.03. The minimum atomic E-state index is -0.152. The van der Waals surface area contributed by atoms with Crippen molar-refractivity contribution in [2.24, 2.45) is 5.10 Å². The van der Waals surface area contributed by atoms with Crippen LogP contribution in [0.25, 0.3) is 0 Å². The van der Waals surface area contributed by atoms with Gasteiger partial charge in [-0.2, -0.15) is 5.10 Å². The van der Waals surface area contributed by atoms with E-state index in [0.29, 0.717) is 17.3 Å². The monoisotopic (exact) mass is 391 g/mol. The van der Waals surface area contributed by atoms with Crippen molar-refractivity contribution in [2.75, 3.05) is 23.7 Å². The molecule has 2 heterocycles. The Balaban J connectivity index is 1.40. The largest absolute Gasteiger partial charge is 0.440 e. The molecule has 26 heavy (non-hydrogen) atoms. The average Bonchev–Trinajstić information content (AvgIpc) is 3.13. The zero-order valence-corrected chi connectivity index (χ0v) is 16.1. The minimum absolute atomic E-state index is 0.152. The predicted molar refractivity (Wildman–Crippen MR) is 108 cm³/mol. The maximum atomic E-state index is 11.8. The highest BCUT2D eigenvalue weighted by atomic mass is 35.5. The normalized spacial score (nSPS) is 14.7. The van der Waals surface area contributed by atoms with Gasteiger partial charge in [-0.25, -0.2) is 5.43 Å². The van der Waals surface area contributed by atoms with E-state index in [9.17, 15) is 4.79 Å². The summed E-state index contributed by atoms with van der Waals surface area (Å²) in [6, 6.07) is 11.5. The number of hydrogen-bond donors (Lipinski definition) is 1. The molecule has 1 amide bonds. The van der Waals surface area contributed by atoms with E-state index in [0.717, 1.165) is 29.6 Å². The van der Waals surface area contributed by atoms with Crippen molar-refractivity contribution >= 4 is 41.4 Å². The lowest BCUT2D eigenvalue weighted by molar-refractivity contribution is -0.118. The molecule has 0 atom stereocenters. The smallest absolute Gasteiger partial charge is 0.250 e. The fourth-order valence-electron chi connectivity index (χ4n) is 2.77. The van der Waals surface area contributed by atoms with Crippen molar-refractivity contribution < 1.29 is 9.21 Å². The summed E-state index contributed by atoms with van der Waals surface area (Å²) < 4.78 is 5.76. The molecule has 3 rings (SSSR count). The van der Waals surface area contributed by atoms with Crippen LogP contribution in [0.3, 0.4) is 0 Å². The Morgan fingerprint density at radius 1 is 1.23 bits per heavy atom. The molecule has 0 bridgehead atoms. The third-order valence-electron chi connectivity index (χ3n) is 4.11. The predicted octanol–water partition coefficient (Wildman–Crippen LogP) is 4.31. The van der Waals surface area contributed by atoms with Gasteiger partial charge >= 0.3 is 0 Å². The number of nitrogens with zero attached hydrogens (tertiary/aromatic N) is 2. The molecular weight excluding hydrogens is 370 g/mol. The van der Waals surface area contributed by atoms with Crippen molar-refractivity contribution in [3.8, 4) is 0 Å². The maximum Gasteiger partial charge on any atom is 0.250 e. The van der Waals surface area contributed by atoms with E-state index >= 15 is 0 Å². The van der Waals surface area contributed by atoms with Gasteiger partial charge in [0.15, 0.2) is 5.88 Å².